The number of hydrogen-bond acceptors (Lipinski definition) is 2. The lowest BCUT2D eigenvalue weighted by molar-refractivity contribution is 0.172. The van der Waals surface area contributed by atoms with Gasteiger partial charge in [0.25, 0.3) is 0 Å². The highest BCUT2D eigenvalue weighted by Crippen LogP contribution is 2.27. The fourth-order valence-corrected chi connectivity index (χ4v) is 3.50. The van der Waals surface area contributed by atoms with E-state index < -0.39 is 0 Å². The van der Waals surface area contributed by atoms with Crippen molar-refractivity contribution < 1.29 is 9.13 Å². The van der Waals surface area contributed by atoms with Crippen LogP contribution in [0.5, 0.6) is 5.75 Å². The zero-order valence-corrected chi connectivity index (χ0v) is 15.2. The molecule has 0 saturated carbocycles. The van der Waals surface area contributed by atoms with Crippen molar-refractivity contribution in [2.75, 3.05) is 19.6 Å². The summed E-state index contributed by atoms with van der Waals surface area (Å²) in [6.45, 7) is 3.38. The Morgan fingerprint density at radius 3 is 2.52 bits per heavy atom. The van der Waals surface area contributed by atoms with Crippen molar-refractivity contribution in [1.82, 2.24) is 4.90 Å². The molecule has 23 heavy (non-hydrogen) atoms. The van der Waals surface area contributed by atoms with Crippen molar-refractivity contribution in [3.8, 4) is 5.75 Å². The van der Waals surface area contributed by atoms with Gasteiger partial charge in [0.2, 0.25) is 0 Å². The maximum Gasteiger partial charge on any atom is 0.125 e. The van der Waals surface area contributed by atoms with Crippen LogP contribution in [0.4, 0.5) is 4.39 Å². The molecule has 1 fully saturated rings. The smallest absolute Gasteiger partial charge is 0.125 e. The van der Waals surface area contributed by atoms with Crippen LogP contribution in [-0.4, -0.2) is 24.5 Å². The molecule has 1 atom stereocenters. The van der Waals surface area contributed by atoms with Gasteiger partial charge in [0.1, 0.15) is 17.7 Å². The summed E-state index contributed by atoms with van der Waals surface area (Å²) in [6.07, 6.45) is 3.45. The van der Waals surface area contributed by atoms with E-state index in [0.717, 1.165) is 27.8 Å². The minimum atomic E-state index is -0.207. The van der Waals surface area contributed by atoms with Crippen LogP contribution >= 0.6 is 22.6 Å². The molecule has 122 valence electrons. The van der Waals surface area contributed by atoms with Crippen LogP contribution in [0.1, 0.15) is 30.9 Å². The highest BCUT2D eigenvalue weighted by atomic mass is 127. The molecular weight excluding hydrogens is 404 g/mol. The predicted molar refractivity (Wildman–Crippen MR) is 99.2 cm³/mol. The predicted octanol–water partition coefficient (Wildman–Crippen LogP) is 5.04. The van der Waals surface area contributed by atoms with Gasteiger partial charge in [-0.25, -0.2) is 4.39 Å². The maximum atomic E-state index is 13.2. The van der Waals surface area contributed by atoms with Gasteiger partial charge in [0.05, 0.1) is 0 Å². The topological polar surface area (TPSA) is 12.5 Å². The Kier molecular flexibility index (Phi) is 5.89. The van der Waals surface area contributed by atoms with Gasteiger partial charge in [-0.3, -0.25) is 0 Å². The fourth-order valence-electron chi connectivity index (χ4n) is 2.98. The molecule has 0 aromatic heterocycles. The van der Waals surface area contributed by atoms with E-state index in [4.69, 9.17) is 4.74 Å². The van der Waals surface area contributed by atoms with Gasteiger partial charge in [0, 0.05) is 16.5 Å². The molecule has 2 aromatic carbocycles. The Morgan fingerprint density at radius 2 is 1.83 bits per heavy atom. The number of ether oxygens (including phenoxy) is 1. The molecule has 0 bridgehead atoms. The van der Waals surface area contributed by atoms with Crippen LogP contribution in [0.15, 0.2) is 48.5 Å². The average molecular weight is 425 g/mol. The molecule has 1 aliphatic rings. The Labute approximate surface area is 150 Å². The monoisotopic (exact) mass is 425 g/mol. The fraction of sp³-hybridized carbons (Fsp3) is 0.368. The number of halogens is 2. The highest BCUT2D eigenvalue weighted by molar-refractivity contribution is 14.1. The Bertz CT molecular complexity index is 626. The molecule has 1 unspecified atom stereocenters. The molecule has 0 radical (unpaired) electrons. The molecular formula is C19H21FINO. The van der Waals surface area contributed by atoms with Gasteiger partial charge >= 0.3 is 0 Å². The summed E-state index contributed by atoms with van der Waals surface area (Å²) >= 11 is 2.29. The van der Waals surface area contributed by atoms with E-state index in [-0.39, 0.29) is 11.9 Å². The zero-order valence-electron chi connectivity index (χ0n) is 13.1. The van der Waals surface area contributed by atoms with Gasteiger partial charge < -0.3 is 9.64 Å². The van der Waals surface area contributed by atoms with Gasteiger partial charge in [-0.2, -0.15) is 0 Å². The van der Waals surface area contributed by atoms with E-state index in [1.807, 2.05) is 36.4 Å². The van der Waals surface area contributed by atoms with Gasteiger partial charge in [0.15, 0.2) is 0 Å². The SMILES string of the molecule is Fc1ccc(C(CCN2CCCC2)Oc2cccc(I)c2)cc1. The summed E-state index contributed by atoms with van der Waals surface area (Å²) in [5.41, 5.74) is 1.03. The van der Waals surface area contributed by atoms with E-state index >= 15 is 0 Å². The van der Waals surface area contributed by atoms with Crippen LogP contribution in [0.2, 0.25) is 0 Å². The van der Waals surface area contributed by atoms with Crippen molar-refractivity contribution >= 4 is 22.6 Å². The molecule has 3 rings (SSSR count). The molecule has 0 spiro atoms. The first-order chi connectivity index (χ1) is 11.2. The lowest BCUT2D eigenvalue weighted by atomic mass is 10.1. The molecule has 2 nitrogen and oxygen atoms in total. The molecule has 2 aromatic rings. The van der Waals surface area contributed by atoms with Crippen molar-refractivity contribution in [2.24, 2.45) is 0 Å². The summed E-state index contributed by atoms with van der Waals surface area (Å²) in [6, 6.07) is 14.7. The van der Waals surface area contributed by atoms with E-state index in [0.29, 0.717) is 0 Å². The van der Waals surface area contributed by atoms with E-state index in [1.54, 1.807) is 0 Å². The number of nitrogens with zero attached hydrogens (tertiary/aromatic N) is 1. The van der Waals surface area contributed by atoms with Crippen LogP contribution in [0, 0.1) is 9.39 Å². The standard InChI is InChI=1S/C19H21FINO/c20-16-8-6-15(7-9-16)19(10-13-22-11-1-2-12-22)23-18-5-3-4-17(21)14-18/h3-9,14,19H,1-2,10-13H2. The number of hydrogen-bond donors (Lipinski definition) is 0. The van der Waals surface area contributed by atoms with E-state index in [9.17, 15) is 4.39 Å². The van der Waals surface area contributed by atoms with Gasteiger partial charge in [-0.15, -0.1) is 0 Å². The van der Waals surface area contributed by atoms with Crippen molar-refractivity contribution in [1.29, 1.82) is 0 Å². The number of likely N-dealkylation sites (tertiary alicyclic amines) is 1. The van der Waals surface area contributed by atoms with Gasteiger partial charge in [-0.05, 0) is 84.4 Å². The molecule has 1 aliphatic heterocycles. The Balaban J connectivity index is 1.73. The first-order valence-corrected chi connectivity index (χ1v) is 9.18. The zero-order chi connectivity index (χ0) is 16.1. The second-order valence-electron chi connectivity index (χ2n) is 5.95. The van der Waals surface area contributed by atoms with Gasteiger partial charge in [-0.1, -0.05) is 18.2 Å². The minimum absolute atomic E-state index is 0.0469. The maximum absolute atomic E-state index is 13.2. The van der Waals surface area contributed by atoms with Crippen LogP contribution in [0.25, 0.3) is 0 Å². The largest absolute Gasteiger partial charge is 0.486 e. The second kappa shape index (κ2) is 8.11. The molecule has 1 heterocycles. The van der Waals surface area contributed by atoms with Crippen molar-refractivity contribution in [2.45, 2.75) is 25.4 Å². The van der Waals surface area contributed by atoms with Crippen molar-refractivity contribution in [3.63, 3.8) is 0 Å². The molecule has 0 aliphatic carbocycles. The summed E-state index contributed by atoms with van der Waals surface area (Å²) in [5, 5.41) is 0. The van der Waals surface area contributed by atoms with Crippen LogP contribution in [0.3, 0.4) is 0 Å². The Hall–Kier alpha value is -1.14. The molecule has 4 heteroatoms. The summed E-state index contributed by atoms with van der Waals surface area (Å²) in [7, 11) is 0. The summed E-state index contributed by atoms with van der Waals surface area (Å²) < 4.78 is 20.6. The van der Waals surface area contributed by atoms with Crippen LogP contribution in [-0.2, 0) is 0 Å². The quantitative estimate of drug-likeness (QED) is 0.602. The minimum Gasteiger partial charge on any atom is -0.486 e. The lowest BCUT2D eigenvalue weighted by Crippen LogP contribution is -2.23. The van der Waals surface area contributed by atoms with E-state index in [1.165, 1.54) is 38.1 Å². The molecule has 1 saturated heterocycles. The molecule has 0 N–H and O–H groups in total. The van der Waals surface area contributed by atoms with E-state index in [2.05, 4.69) is 27.5 Å². The lowest BCUT2D eigenvalue weighted by Gasteiger charge is -2.23. The highest BCUT2D eigenvalue weighted by Gasteiger charge is 2.18. The molecule has 0 amide bonds. The third-order valence-corrected chi connectivity index (χ3v) is 4.89. The van der Waals surface area contributed by atoms with Crippen molar-refractivity contribution in [3.05, 3.63) is 63.5 Å². The van der Waals surface area contributed by atoms with Crippen LogP contribution < -0.4 is 4.74 Å². The number of rotatable bonds is 6. The summed E-state index contributed by atoms with van der Waals surface area (Å²) in [4.78, 5) is 2.48. The first kappa shape index (κ1) is 16.7. The Morgan fingerprint density at radius 1 is 1.09 bits per heavy atom. The average Bonchev–Trinajstić information content (AvgIpc) is 3.06. The second-order valence-corrected chi connectivity index (χ2v) is 7.20. The first-order valence-electron chi connectivity index (χ1n) is 8.11. The number of benzene rings is 2. The third kappa shape index (κ3) is 4.91. The third-order valence-electron chi connectivity index (χ3n) is 4.22. The normalized spacial score (nSPS) is 16.4. The summed E-state index contributed by atoms with van der Waals surface area (Å²) in [5.74, 6) is 0.661.